The minimum atomic E-state index is -0.847. The highest BCUT2D eigenvalue weighted by atomic mass is 16.6. The zero-order valence-corrected chi connectivity index (χ0v) is 11.2. The maximum atomic E-state index is 11.1. The maximum Gasteiger partial charge on any atom is 0.331 e. The van der Waals surface area contributed by atoms with Crippen molar-refractivity contribution in [3.63, 3.8) is 0 Å². The quantitative estimate of drug-likeness (QED) is 0.605. The van der Waals surface area contributed by atoms with Gasteiger partial charge in [-0.3, -0.25) is 0 Å². The van der Waals surface area contributed by atoms with Crippen molar-refractivity contribution in [2.75, 3.05) is 0 Å². The van der Waals surface area contributed by atoms with Gasteiger partial charge in [-0.25, -0.2) is 4.79 Å². The summed E-state index contributed by atoms with van der Waals surface area (Å²) in [6.07, 6.45) is 5.70. The van der Waals surface area contributed by atoms with E-state index in [2.05, 4.69) is 20.4 Å². The average Bonchev–Trinajstić information content (AvgIpc) is 3.01. The molecule has 0 amide bonds. The molecule has 1 spiro atoms. The van der Waals surface area contributed by atoms with Crippen molar-refractivity contribution in [2.24, 2.45) is 17.3 Å². The first-order chi connectivity index (χ1) is 8.41. The van der Waals surface area contributed by atoms with Gasteiger partial charge >= 0.3 is 5.97 Å². The van der Waals surface area contributed by atoms with Gasteiger partial charge in [-0.15, -0.1) is 0 Å². The lowest BCUT2D eigenvalue weighted by Gasteiger charge is -2.49. The summed E-state index contributed by atoms with van der Waals surface area (Å²) in [5.74, 6) is -0.144. The Bertz CT molecular complexity index is 416. The van der Waals surface area contributed by atoms with Crippen LogP contribution in [0.1, 0.15) is 46.0 Å². The number of rotatable bonds is 2. The van der Waals surface area contributed by atoms with E-state index >= 15 is 0 Å². The first kappa shape index (κ1) is 12.2. The molecule has 2 aliphatic carbocycles. The van der Waals surface area contributed by atoms with Crippen molar-refractivity contribution < 1.29 is 14.6 Å². The normalized spacial score (nSPS) is 50.0. The van der Waals surface area contributed by atoms with Crippen LogP contribution in [0.2, 0.25) is 0 Å². The van der Waals surface area contributed by atoms with E-state index < -0.39 is 5.97 Å². The molecule has 0 unspecified atom stereocenters. The van der Waals surface area contributed by atoms with E-state index in [1.165, 1.54) is 12.8 Å². The number of hydrogen-bond donors (Lipinski definition) is 1. The lowest BCUT2D eigenvalue weighted by molar-refractivity contribution is -0.133. The van der Waals surface area contributed by atoms with E-state index in [4.69, 9.17) is 9.84 Å². The molecular formula is C15H22O3. The third kappa shape index (κ3) is 1.37. The Morgan fingerprint density at radius 3 is 2.89 bits per heavy atom. The second kappa shape index (κ2) is 3.60. The van der Waals surface area contributed by atoms with E-state index in [9.17, 15) is 4.79 Å². The molecule has 3 heteroatoms. The molecule has 100 valence electrons. The first-order valence-electron chi connectivity index (χ1n) is 7.00. The summed E-state index contributed by atoms with van der Waals surface area (Å²) in [4.78, 5) is 11.1. The number of carboxylic acids is 1. The molecule has 1 heterocycles. The number of carbonyl (C=O) groups is 1. The van der Waals surface area contributed by atoms with Crippen molar-refractivity contribution in [2.45, 2.75) is 57.7 Å². The van der Waals surface area contributed by atoms with Crippen molar-refractivity contribution in [1.82, 2.24) is 0 Å². The van der Waals surface area contributed by atoms with Gasteiger partial charge in [0.15, 0.2) is 0 Å². The van der Waals surface area contributed by atoms with Crippen LogP contribution in [-0.2, 0) is 9.53 Å². The third-order valence-corrected chi connectivity index (χ3v) is 5.99. The zero-order chi connectivity index (χ0) is 13.1. The molecule has 0 bridgehead atoms. The predicted molar refractivity (Wildman–Crippen MR) is 68.2 cm³/mol. The molecule has 1 aliphatic heterocycles. The lowest BCUT2D eigenvalue weighted by atomic mass is 9.53. The fraction of sp³-hybridized carbons (Fsp3) is 0.800. The SMILES string of the molecule is C=C(C(=O)O)[C@@H]1C[C@@H]2O[C@@]23CCC[C@H](C)[C@@]3(C)C1. The molecule has 0 aromatic carbocycles. The topological polar surface area (TPSA) is 49.8 Å². The molecule has 0 aromatic heterocycles. The average molecular weight is 250 g/mol. The summed E-state index contributed by atoms with van der Waals surface area (Å²) >= 11 is 0. The Kier molecular flexibility index (Phi) is 2.44. The van der Waals surface area contributed by atoms with Gasteiger partial charge in [0.25, 0.3) is 0 Å². The number of carboxylic acid groups (broad SMARTS) is 1. The molecule has 3 fully saturated rings. The Labute approximate surface area is 108 Å². The molecule has 0 aromatic rings. The van der Waals surface area contributed by atoms with Gasteiger partial charge in [0, 0.05) is 11.0 Å². The van der Waals surface area contributed by atoms with Gasteiger partial charge in [-0.1, -0.05) is 26.8 Å². The molecule has 3 rings (SSSR count). The first-order valence-corrected chi connectivity index (χ1v) is 7.00. The minimum Gasteiger partial charge on any atom is -0.478 e. The van der Waals surface area contributed by atoms with Gasteiger partial charge < -0.3 is 9.84 Å². The second-order valence-corrected chi connectivity index (χ2v) is 6.67. The maximum absolute atomic E-state index is 11.1. The molecular weight excluding hydrogens is 228 g/mol. The van der Waals surface area contributed by atoms with Crippen LogP contribution in [0.25, 0.3) is 0 Å². The van der Waals surface area contributed by atoms with Crippen LogP contribution in [0, 0.1) is 17.3 Å². The van der Waals surface area contributed by atoms with Crippen LogP contribution in [-0.4, -0.2) is 22.8 Å². The molecule has 18 heavy (non-hydrogen) atoms. The molecule has 2 saturated carbocycles. The summed E-state index contributed by atoms with van der Waals surface area (Å²) < 4.78 is 6.07. The molecule has 1 N–H and O–H groups in total. The molecule has 5 atom stereocenters. The minimum absolute atomic E-state index is 0.0694. The summed E-state index contributed by atoms with van der Waals surface area (Å²) in [6, 6.07) is 0. The molecule has 3 aliphatic rings. The van der Waals surface area contributed by atoms with E-state index in [0.717, 1.165) is 19.3 Å². The summed E-state index contributed by atoms with van der Waals surface area (Å²) in [6.45, 7) is 8.37. The molecule has 0 radical (unpaired) electrons. The van der Waals surface area contributed by atoms with Crippen LogP contribution in [0.3, 0.4) is 0 Å². The lowest BCUT2D eigenvalue weighted by Crippen LogP contribution is -2.50. The van der Waals surface area contributed by atoms with Crippen LogP contribution in [0.5, 0.6) is 0 Å². The van der Waals surface area contributed by atoms with Crippen molar-refractivity contribution >= 4 is 5.97 Å². The highest BCUT2D eigenvalue weighted by Crippen LogP contribution is 2.68. The van der Waals surface area contributed by atoms with E-state index in [-0.39, 0.29) is 23.0 Å². The van der Waals surface area contributed by atoms with Crippen LogP contribution >= 0.6 is 0 Å². The van der Waals surface area contributed by atoms with E-state index in [1.807, 2.05) is 0 Å². The Balaban J connectivity index is 1.88. The van der Waals surface area contributed by atoms with Gasteiger partial charge in [0.05, 0.1) is 6.10 Å². The molecule has 1 saturated heterocycles. The summed E-state index contributed by atoms with van der Waals surface area (Å²) in [5, 5.41) is 9.14. The Hall–Kier alpha value is -0.830. The molecule has 3 nitrogen and oxygen atoms in total. The van der Waals surface area contributed by atoms with Gasteiger partial charge in [-0.2, -0.15) is 0 Å². The van der Waals surface area contributed by atoms with Crippen LogP contribution < -0.4 is 0 Å². The van der Waals surface area contributed by atoms with Crippen molar-refractivity contribution in [3.8, 4) is 0 Å². The highest BCUT2D eigenvalue weighted by molar-refractivity contribution is 5.86. The third-order valence-electron chi connectivity index (χ3n) is 5.99. The largest absolute Gasteiger partial charge is 0.478 e. The number of hydrogen-bond acceptors (Lipinski definition) is 2. The summed E-state index contributed by atoms with van der Waals surface area (Å²) in [7, 11) is 0. The number of epoxide rings is 1. The van der Waals surface area contributed by atoms with Crippen molar-refractivity contribution in [1.29, 1.82) is 0 Å². The predicted octanol–water partition coefficient (Wildman–Crippen LogP) is 3.00. The van der Waals surface area contributed by atoms with E-state index in [1.54, 1.807) is 0 Å². The zero-order valence-electron chi connectivity index (χ0n) is 11.2. The fourth-order valence-corrected chi connectivity index (χ4v) is 4.54. The fourth-order valence-electron chi connectivity index (χ4n) is 4.54. The van der Waals surface area contributed by atoms with Gasteiger partial charge in [0.1, 0.15) is 5.60 Å². The Morgan fingerprint density at radius 2 is 2.22 bits per heavy atom. The monoisotopic (exact) mass is 250 g/mol. The standard InChI is InChI=1S/C15H22O3/c1-9-5-4-6-15-12(18-15)7-11(8-14(9,15)3)10(2)13(16)17/h9,11-12H,2,4-8H2,1,3H3,(H,16,17)/t9-,11+,12-,14+,15-/m0/s1. The smallest absolute Gasteiger partial charge is 0.331 e. The Morgan fingerprint density at radius 1 is 1.50 bits per heavy atom. The number of aliphatic carboxylic acids is 1. The van der Waals surface area contributed by atoms with Crippen molar-refractivity contribution in [3.05, 3.63) is 12.2 Å². The van der Waals surface area contributed by atoms with Gasteiger partial charge in [-0.05, 0) is 37.5 Å². The number of ether oxygens (including phenoxy) is 1. The summed E-state index contributed by atoms with van der Waals surface area (Å²) in [5.41, 5.74) is 0.579. The highest BCUT2D eigenvalue weighted by Gasteiger charge is 2.71. The second-order valence-electron chi connectivity index (χ2n) is 6.67. The van der Waals surface area contributed by atoms with E-state index in [0.29, 0.717) is 11.5 Å². The van der Waals surface area contributed by atoms with Crippen LogP contribution in [0.15, 0.2) is 12.2 Å². The van der Waals surface area contributed by atoms with Gasteiger partial charge in [0.2, 0.25) is 0 Å². The van der Waals surface area contributed by atoms with Crippen LogP contribution in [0.4, 0.5) is 0 Å².